The molecular weight excluding hydrogens is 268 g/mol. The number of aliphatic imine (C=N–C) groups is 3. The number of hydrogen-bond donors (Lipinski definition) is 1. The molecule has 0 spiro atoms. The number of ether oxygens (including phenoxy) is 2. The van der Waals surface area contributed by atoms with E-state index in [4.69, 9.17) is 9.47 Å². The molecule has 106 valence electrons. The van der Waals surface area contributed by atoms with Crippen LogP contribution in [0.15, 0.2) is 45.1 Å². The first-order valence-corrected chi connectivity index (χ1v) is 6.87. The quantitative estimate of drug-likeness (QED) is 0.917. The molecule has 0 amide bonds. The SMILES string of the molecule is C1=NC2=NC=C(NCc3ccc4c(c3)OCCO4)CC2=N1. The molecule has 0 radical (unpaired) electrons. The van der Waals surface area contributed by atoms with Gasteiger partial charge in [0, 0.05) is 24.9 Å². The average molecular weight is 282 g/mol. The maximum absolute atomic E-state index is 5.59. The van der Waals surface area contributed by atoms with Gasteiger partial charge in [0.05, 0.1) is 5.71 Å². The summed E-state index contributed by atoms with van der Waals surface area (Å²) < 4.78 is 11.1. The molecule has 1 aromatic carbocycles. The lowest BCUT2D eigenvalue weighted by molar-refractivity contribution is 0.171. The van der Waals surface area contributed by atoms with Gasteiger partial charge in [-0.3, -0.25) is 0 Å². The molecule has 0 unspecified atom stereocenters. The predicted octanol–water partition coefficient (Wildman–Crippen LogP) is 1.67. The molecular formula is C15H14N4O2. The van der Waals surface area contributed by atoms with Crippen molar-refractivity contribution in [3.63, 3.8) is 0 Å². The van der Waals surface area contributed by atoms with Gasteiger partial charge < -0.3 is 14.8 Å². The maximum Gasteiger partial charge on any atom is 0.175 e. The molecule has 3 aliphatic heterocycles. The summed E-state index contributed by atoms with van der Waals surface area (Å²) in [6.07, 6.45) is 4.10. The van der Waals surface area contributed by atoms with Crippen molar-refractivity contribution >= 4 is 17.9 Å². The lowest BCUT2D eigenvalue weighted by Crippen LogP contribution is -2.21. The average Bonchev–Trinajstić information content (AvgIpc) is 3.00. The predicted molar refractivity (Wildman–Crippen MR) is 80.3 cm³/mol. The van der Waals surface area contributed by atoms with Crippen LogP contribution in [0.1, 0.15) is 12.0 Å². The molecule has 3 heterocycles. The van der Waals surface area contributed by atoms with Crippen molar-refractivity contribution in [1.82, 2.24) is 5.32 Å². The van der Waals surface area contributed by atoms with Crippen molar-refractivity contribution in [2.75, 3.05) is 13.2 Å². The van der Waals surface area contributed by atoms with E-state index in [1.807, 2.05) is 24.4 Å². The van der Waals surface area contributed by atoms with Crippen LogP contribution in [0, 0.1) is 0 Å². The van der Waals surface area contributed by atoms with Gasteiger partial charge in [-0.05, 0) is 17.7 Å². The summed E-state index contributed by atoms with van der Waals surface area (Å²) in [5.74, 6) is 2.35. The Morgan fingerprint density at radius 1 is 1.10 bits per heavy atom. The number of allylic oxidation sites excluding steroid dienone is 1. The topological polar surface area (TPSA) is 67.6 Å². The van der Waals surface area contributed by atoms with E-state index in [1.165, 1.54) is 0 Å². The van der Waals surface area contributed by atoms with Crippen LogP contribution < -0.4 is 14.8 Å². The smallest absolute Gasteiger partial charge is 0.175 e. The fourth-order valence-corrected chi connectivity index (χ4v) is 2.40. The minimum absolute atomic E-state index is 0.604. The normalized spacial score (nSPS) is 18.6. The Morgan fingerprint density at radius 2 is 2.00 bits per heavy atom. The van der Waals surface area contributed by atoms with E-state index in [0.29, 0.717) is 19.8 Å². The number of benzene rings is 1. The molecule has 1 N–H and O–H groups in total. The second-order valence-corrected chi connectivity index (χ2v) is 4.94. The van der Waals surface area contributed by atoms with Gasteiger partial charge in [0.2, 0.25) is 0 Å². The number of rotatable bonds is 3. The van der Waals surface area contributed by atoms with E-state index in [1.54, 1.807) is 6.34 Å². The standard InChI is InChI=1S/C15H14N4O2/c1-2-13-14(21-4-3-20-13)5-10(1)7-16-11-6-12-15(17-8-11)19-9-18-12/h1-2,5,8-9,16H,3-4,6-7H2. The fraction of sp³-hybridized carbons (Fsp3) is 0.267. The van der Waals surface area contributed by atoms with Gasteiger partial charge in [-0.2, -0.15) is 0 Å². The highest BCUT2D eigenvalue weighted by Crippen LogP contribution is 2.30. The third-order valence-electron chi connectivity index (χ3n) is 3.48. The fourth-order valence-electron chi connectivity index (χ4n) is 2.40. The molecule has 4 rings (SSSR count). The third kappa shape index (κ3) is 2.40. The Hall–Kier alpha value is -2.63. The van der Waals surface area contributed by atoms with E-state index in [0.717, 1.165) is 40.7 Å². The number of fused-ring (bicyclic) bond motifs is 2. The summed E-state index contributed by atoms with van der Waals surface area (Å²) in [4.78, 5) is 12.5. The van der Waals surface area contributed by atoms with Gasteiger partial charge >= 0.3 is 0 Å². The van der Waals surface area contributed by atoms with Crippen molar-refractivity contribution in [2.24, 2.45) is 15.0 Å². The van der Waals surface area contributed by atoms with Crippen LogP contribution in [0.25, 0.3) is 0 Å². The van der Waals surface area contributed by atoms with Crippen LogP contribution in [0.5, 0.6) is 11.5 Å². The van der Waals surface area contributed by atoms with Gasteiger partial charge in [0.15, 0.2) is 17.3 Å². The van der Waals surface area contributed by atoms with Gasteiger partial charge in [-0.1, -0.05) is 6.07 Å². The summed E-state index contributed by atoms with van der Waals surface area (Å²) in [5, 5.41) is 3.38. The summed E-state index contributed by atoms with van der Waals surface area (Å²) in [6, 6.07) is 6.00. The highest BCUT2D eigenvalue weighted by atomic mass is 16.6. The number of nitrogens with zero attached hydrogens (tertiary/aromatic N) is 3. The maximum atomic E-state index is 5.59. The van der Waals surface area contributed by atoms with Crippen molar-refractivity contribution in [1.29, 1.82) is 0 Å². The first kappa shape index (κ1) is 12.1. The van der Waals surface area contributed by atoms with Crippen molar-refractivity contribution < 1.29 is 9.47 Å². The molecule has 6 nitrogen and oxygen atoms in total. The van der Waals surface area contributed by atoms with Crippen LogP contribution in [0.3, 0.4) is 0 Å². The highest BCUT2D eigenvalue weighted by Gasteiger charge is 2.17. The Kier molecular flexibility index (Phi) is 2.92. The van der Waals surface area contributed by atoms with E-state index >= 15 is 0 Å². The molecule has 0 atom stereocenters. The van der Waals surface area contributed by atoms with Crippen molar-refractivity contribution in [2.45, 2.75) is 13.0 Å². The third-order valence-corrected chi connectivity index (χ3v) is 3.48. The van der Waals surface area contributed by atoms with Gasteiger partial charge in [0.25, 0.3) is 0 Å². The molecule has 21 heavy (non-hydrogen) atoms. The minimum atomic E-state index is 0.604. The Morgan fingerprint density at radius 3 is 2.95 bits per heavy atom. The molecule has 0 bridgehead atoms. The van der Waals surface area contributed by atoms with Crippen LogP contribution >= 0.6 is 0 Å². The summed E-state index contributed by atoms with van der Waals surface area (Å²) in [6.45, 7) is 1.93. The molecule has 0 saturated carbocycles. The molecule has 0 aliphatic carbocycles. The van der Waals surface area contributed by atoms with Gasteiger partial charge in [-0.25, -0.2) is 15.0 Å². The summed E-state index contributed by atoms with van der Waals surface area (Å²) in [7, 11) is 0. The molecule has 3 aliphatic rings. The van der Waals surface area contributed by atoms with Crippen LogP contribution in [0.2, 0.25) is 0 Å². The Labute approximate surface area is 121 Å². The van der Waals surface area contributed by atoms with E-state index in [9.17, 15) is 0 Å². The number of nitrogens with one attached hydrogen (secondary N) is 1. The second-order valence-electron chi connectivity index (χ2n) is 4.94. The lowest BCUT2D eigenvalue weighted by Gasteiger charge is -2.19. The molecule has 0 fully saturated rings. The van der Waals surface area contributed by atoms with Crippen LogP contribution in [-0.2, 0) is 6.54 Å². The second kappa shape index (κ2) is 5.05. The van der Waals surface area contributed by atoms with Crippen LogP contribution in [-0.4, -0.2) is 31.1 Å². The zero-order chi connectivity index (χ0) is 14.1. The molecule has 0 saturated heterocycles. The molecule has 1 aromatic rings. The van der Waals surface area contributed by atoms with Crippen molar-refractivity contribution in [3.05, 3.63) is 35.7 Å². The zero-order valence-corrected chi connectivity index (χ0v) is 11.4. The van der Waals surface area contributed by atoms with Gasteiger partial charge in [-0.15, -0.1) is 0 Å². The highest BCUT2D eigenvalue weighted by molar-refractivity contribution is 6.47. The zero-order valence-electron chi connectivity index (χ0n) is 11.4. The monoisotopic (exact) mass is 282 g/mol. The molecule has 0 aromatic heterocycles. The first-order chi connectivity index (χ1) is 10.4. The molecule has 6 heteroatoms. The van der Waals surface area contributed by atoms with E-state index in [2.05, 4.69) is 20.3 Å². The minimum Gasteiger partial charge on any atom is -0.486 e. The first-order valence-electron chi connectivity index (χ1n) is 6.87. The largest absolute Gasteiger partial charge is 0.486 e. The Bertz CT molecular complexity index is 704. The van der Waals surface area contributed by atoms with Gasteiger partial charge in [0.1, 0.15) is 19.6 Å². The van der Waals surface area contributed by atoms with Crippen molar-refractivity contribution in [3.8, 4) is 11.5 Å². The number of amidine groups is 1. The van der Waals surface area contributed by atoms with E-state index in [-0.39, 0.29) is 0 Å². The Balaban J connectivity index is 1.43. The summed E-state index contributed by atoms with van der Waals surface area (Å²) >= 11 is 0. The van der Waals surface area contributed by atoms with Crippen LogP contribution in [0.4, 0.5) is 0 Å². The lowest BCUT2D eigenvalue weighted by atomic mass is 10.1. The van der Waals surface area contributed by atoms with E-state index < -0.39 is 0 Å². The number of hydrogen-bond acceptors (Lipinski definition) is 6. The summed E-state index contributed by atoms with van der Waals surface area (Å²) in [5.41, 5.74) is 3.10.